The van der Waals surface area contributed by atoms with Gasteiger partial charge in [-0.05, 0) is 42.7 Å². The minimum atomic E-state index is -0.166. The summed E-state index contributed by atoms with van der Waals surface area (Å²) < 4.78 is 23.3. The van der Waals surface area contributed by atoms with Gasteiger partial charge in [-0.25, -0.2) is 0 Å². The van der Waals surface area contributed by atoms with E-state index in [0.717, 1.165) is 17.3 Å². The van der Waals surface area contributed by atoms with Gasteiger partial charge < -0.3 is 24.3 Å². The van der Waals surface area contributed by atoms with Crippen LogP contribution in [0, 0.1) is 0 Å². The van der Waals surface area contributed by atoms with E-state index in [1.54, 1.807) is 19.2 Å². The van der Waals surface area contributed by atoms with Gasteiger partial charge in [-0.15, -0.1) is 0 Å². The molecule has 0 bridgehead atoms. The third-order valence-electron chi connectivity index (χ3n) is 5.56. The number of carbonyl (C=O) groups excluding carboxylic acids is 1. The Morgan fingerprint density at radius 3 is 2.69 bits per heavy atom. The smallest absolute Gasteiger partial charge is 0.251 e. The van der Waals surface area contributed by atoms with Crippen LogP contribution in [0.1, 0.15) is 28.8 Å². The third-order valence-corrected chi connectivity index (χ3v) is 6.06. The first kappa shape index (κ1) is 20.0. The van der Waals surface area contributed by atoms with Crippen molar-refractivity contribution in [1.82, 2.24) is 5.32 Å². The first-order valence-electron chi connectivity index (χ1n) is 9.71. The van der Waals surface area contributed by atoms with E-state index in [1.165, 1.54) is 5.56 Å². The average Bonchev–Trinajstić information content (AvgIpc) is 2.77. The van der Waals surface area contributed by atoms with Crippen LogP contribution >= 0.6 is 15.9 Å². The van der Waals surface area contributed by atoms with Crippen LogP contribution in [-0.2, 0) is 10.2 Å². The molecule has 154 valence electrons. The Bertz CT molecular complexity index is 878. The molecule has 2 heterocycles. The quantitative estimate of drug-likeness (QED) is 0.734. The van der Waals surface area contributed by atoms with E-state index in [0.29, 0.717) is 55.8 Å². The highest BCUT2D eigenvalue weighted by molar-refractivity contribution is 9.10. The van der Waals surface area contributed by atoms with Gasteiger partial charge in [-0.2, -0.15) is 0 Å². The van der Waals surface area contributed by atoms with Gasteiger partial charge in [0.1, 0.15) is 13.2 Å². The number of rotatable bonds is 5. The van der Waals surface area contributed by atoms with Gasteiger partial charge in [0.15, 0.2) is 11.5 Å². The summed E-state index contributed by atoms with van der Waals surface area (Å²) in [5.41, 5.74) is 1.54. The van der Waals surface area contributed by atoms with Crippen LogP contribution in [0.2, 0.25) is 0 Å². The second-order valence-corrected chi connectivity index (χ2v) is 8.20. The zero-order valence-electron chi connectivity index (χ0n) is 16.3. The summed E-state index contributed by atoms with van der Waals surface area (Å²) >= 11 is 3.56. The lowest BCUT2D eigenvalue weighted by molar-refractivity contribution is 0.0487. The number of amides is 1. The molecule has 4 rings (SSSR count). The van der Waals surface area contributed by atoms with Crippen LogP contribution in [0.4, 0.5) is 0 Å². The zero-order valence-corrected chi connectivity index (χ0v) is 17.9. The number of nitrogens with one attached hydrogen (secondary N) is 1. The summed E-state index contributed by atoms with van der Waals surface area (Å²) in [6.07, 6.45) is 1.71. The lowest BCUT2D eigenvalue weighted by Gasteiger charge is -2.38. The maximum absolute atomic E-state index is 13.0. The van der Waals surface area contributed by atoms with E-state index in [-0.39, 0.29) is 11.3 Å². The minimum absolute atomic E-state index is 0.157. The Balaban J connectivity index is 1.56. The van der Waals surface area contributed by atoms with Crippen molar-refractivity contribution in [3.05, 3.63) is 52.0 Å². The zero-order chi connectivity index (χ0) is 20.3. The number of carbonyl (C=O) groups is 1. The van der Waals surface area contributed by atoms with Gasteiger partial charge in [-0.1, -0.05) is 28.1 Å². The fourth-order valence-corrected chi connectivity index (χ4v) is 4.30. The number of halogens is 1. The summed E-state index contributed by atoms with van der Waals surface area (Å²) in [4.78, 5) is 13.0. The first-order chi connectivity index (χ1) is 14.1. The molecular weight excluding hydrogens is 438 g/mol. The van der Waals surface area contributed by atoms with Crippen molar-refractivity contribution in [1.29, 1.82) is 0 Å². The van der Waals surface area contributed by atoms with Gasteiger partial charge in [-0.3, -0.25) is 4.79 Å². The van der Waals surface area contributed by atoms with E-state index >= 15 is 0 Å². The molecule has 1 amide bonds. The van der Waals surface area contributed by atoms with Crippen LogP contribution in [0.15, 0.2) is 40.9 Å². The van der Waals surface area contributed by atoms with Gasteiger partial charge in [0.2, 0.25) is 5.75 Å². The molecule has 2 aromatic rings. The van der Waals surface area contributed by atoms with E-state index in [9.17, 15) is 4.79 Å². The van der Waals surface area contributed by atoms with Gasteiger partial charge in [0.05, 0.1) is 7.11 Å². The highest BCUT2D eigenvalue weighted by atomic mass is 79.9. The molecule has 2 aromatic carbocycles. The highest BCUT2D eigenvalue weighted by Crippen LogP contribution is 2.40. The van der Waals surface area contributed by atoms with Crippen LogP contribution in [-0.4, -0.2) is 46.0 Å². The second-order valence-electron chi connectivity index (χ2n) is 7.29. The molecule has 7 heteroatoms. The predicted octanol–water partition coefficient (Wildman–Crippen LogP) is 3.71. The van der Waals surface area contributed by atoms with Crippen molar-refractivity contribution in [2.24, 2.45) is 0 Å². The van der Waals surface area contributed by atoms with Crippen molar-refractivity contribution >= 4 is 21.8 Å². The Hall–Kier alpha value is -2.25. The molecular formula is C22H24BrNO5. The molecule has 0 aromatic heterocycles. The Labute approximate surface area is 178 Å². The van der Waals surface area contributed by atoms with E-state index in [1.807, 2.05) is 12.1 Å². The molecule has 6 nitrogen and oxygen atoms in total. The highest BCUT2D eigenvalue weighted by Gasteiger charge is 2.35. The Morgan fingerprint density at radius 2 is 1.93 bits per heavy atom. The van der Waals surface area contributed by atoms with Gasteiger partial charge >= 0.3 is 0 Å². The van der Waals surface area contributed by atoms with Gasteiger partial charge in [0.25, 0.3) is 5.91 Å². The van der Waals surface area contributed by atoms with Crippen molar-refractivity contribution in [3.8, 4) is 17.2 Å². The fourth-order valence-electron chi connectivity index (χ4n) is 3.90. The van der Waals surface area contributed by atoms with Crippen molar-refractivity contribution in [3.63, 3.8) is 0 Å². The minimum Gasteiger partial charge on any atom is -0.493 e. The monoisotopic (exact) mass is 461 g/mol. The number of fused-ring (bicyclic) bond motifs is 1. The average molecular weight is 462 g/mol. The molecule has 2 aliphatic heterocycles. The summed E-state index contributed by atoms with van der Waals surface area (Å²) in [5.74, 6) is 1.42. The SMILES string of the molecule is COc1cc(C(=O)NCC2(c3cccc(Br)c3)CCOCC2)cc2c1OCCO2. The maximum Gasteiger partial charge on any atom is 0.251 e. The molecule has 1 saturated heterocycles. The van der Waals surface area contributed by atoms with Crippen LogP contribution < -0.4 is 19.5 Å². The summed E-state index contributed by atoms with van der Waals surface area (Å²) in [6, 6.07) is 11.7. The number of benzene rings is 2. The van der Waals surface area contributed by atoms with Crippen LogP contribution in [0.5, 0.6) is 17.2 Å². The Kier molecular flexibility index (Phi) is 5.96. The van der Waals surface area contributed by atoms with E-state index < -0.39 is 0 Å². The molecule has 0 spiro atoms. The summed E-state index contributed by atoms with van der Waals surface area (Å²) in [5, 5.41) is 3.12. The maximum atomic E-state index is 13.0. The molecule has 0 atom stereocenters. The molecule has 0 aliphatic carbocycles. The van der Waals surface area contributed by atoms with Crippen LogP contribution in [0.3, 0.4) is 0 Å². The summed E-state index contributed by atoms with van der Waals surface area (Å²) in [7, 11) is 1.56. The number of hydrogen-bond donors (Lipinski definition) is 1. The van der Waals surface area contributed by atoms with Crippen molar-refractivity contribution in [2.45, 2.75) is 18.3 Å². The van der Waals surface area contributed by atoms with Crippen molar-refractivity contribution < 1.29 is 23.7 Å². The Morgan fingerprint density at radius 1 is 1.14 bits per heavy atom. The van der Waals surface area contributed by atoms with E-state index in [2.05, 4.69) is 33.4 Å². The fraction of sp³-hybridized carbons (Fsp3) is 0.409. The molecule has 0 saturated carbocycles. The lowest BCUT2D eigenvalue weighted by atomic mass is 9.74. The number of methoxy groups -OCH3 is 1. The topological polar surface area (TPSA) is 66.0 Å². The molecule has 1 N–H and O–H groups in total. The third kappa shape index (κ3) is 4.21. The number of ether oxygens (including phenoxy) is 4. The second kappa shape index (κ2) is 8.63. The standard InChI is InChI=1S/C22H24BrNO5/c1-26-18-11-15(12-19-20(18)29-10-9-28-19)21(25)24-14-22(5-7-27-8-6-22)16-3-2-4-17(23)13-16/h2-4,11-13H,5-10,14H2,1H3,(H,24,25). The predicted molar refractivity (Wildman–Crippen MR) is 112 cm³/mol. The number of hydrogen-bond acceptors (Lipinski definition) is 5. The molecule has 0 radical (unpaired) electrons. The molecule has 1 fully saturated rings. The molecule has 0 unspecified atom stereocenters. The van der Waals surface area contributed by atoms with Crippen LogP contribution in [0.25, 0.3) is 0 Å². The van der Waals surface area contributed by atoms with Gasteiger partial charge in [0, 0.05) is 35.2 Å². The first-order valence-corrected chi connectivity index (χ1v) is 10.5. The molecule has 2 aliphatic rings. The largest absolute Gasteiger partial charge is 0.493 e. The molecule has 29 heavy (non-hydrogen) atoms. The summed E-state index contributed by atoms with van der Waals surface area (Å²) in [6.45, 7) is 2.81. The lowest BCUT2D eigenvalue weighted by Crippen LogP contribution is -2.44. The van der Waals surface area contributed by atoms with Crippen molar-refractivity contribution in [2.75, 3.05) is 40.1 Å². The normalized spacial score (nSPS) is 17.4. The van der Waals surface area contributed by atoms with E-state index in [4.69, 9.17) is 18.9 Å².